The molecule has 110 valence electrons. The van der Waals surface area contributed by atoms with Crippen molar-refractivity contribution in [1.29, 1.82) is 0 Å². The fraction of sp³-hybridized carbons (Fsp3) is 0.188. The Kier molecular flexibility index (Phi) is 4.81. The van der Waals surface area contributed by atoms with Crippen LogP contribution in [0.2, 0.25) is 5.02 Å². The van der Waals surface area contributed by atoms with Gasteiger partial charge in [-0.25, -0.2) is 9.18 Å². The van der Waals surface area contributed by atoms with Crippen LogP contribution in [0.25, 0.3) is 0 Å². The fourth-order valence-corrected chi connectivity index (χ4v) is 2.28. The van der Waals surface area contributed by atoms with E-state index in [2.05, 4.69) is 10.1 Å². The smallest absolute Gasteiger partial charge is 0.340 e. The van der Waals surface area contributed by atoms with E-state index >= 15 is 0 Å². The largest absolute Gasteiger partial charge is 0.465 e. The molecule has 2 aromatic carbocycles. The van der Waals surface area contributed by atoms with E-state index in [1.165, 1.54) is 19.2 Å². The first-order chi connectivity index (χ1) is 10.0. The van der Waals surface area contributed by atoms with Gasteiger partial charge < -0.3 is 10.1 Å². The number of carbonyl (C=O) groups excluding carboxylic acids is 1. The molecule has 0 aliphatic rings. The van der Waals surface area contributed by atoms with Gasteiger partial charge in [0, 0.05) is 6.54 Å². The van der Waals surface area contributed by atoms with Gasteiger partial charge in [0.2, 0.25) is 0 Å². The van der Waals surface area contributed by atoms with Crippen molar-refractivity contribution in [3.63, 3.8) is 0 Å². The molecule has 2 aromatic rings. The van der Waals surface area contributed by atoms with Gasteiger partial charge in [-0.1, -0.05) is 29.8 Å². The third-order valence-electron chi connectivity index (χ3n) is 3.13. The number of halogens is 2. The highest BCUT2D eigenvalue weighted by Crippen LogP contribution is 2.26. The topological polar surface area (TPSA) is 38.3 Å². The fourth-order valence-electron chi connectivity index (χ4n) is 1.99. The molecule has 5 heteroatoms. The molecule has 0 heterocycles. The molecule has 2 rings (SSSR count). The minimum Gasteiger partial charge on any atom is -0.465 e. The molecule has 0 aliphatic carbocycles. The lowest BCUT2D eigenvalue weighted by Crippen LogP contribution is -2.07. The Morgan fingerprint density at radius 1 is 1.33 bits per heavy atom. The lowest BCUT2D eigenvalue weighted by Gasteiger charge is -2.12. The normalized spacial score (nSPS) is 10.3. The van der Waals surface area contributed by atoms with Gasteiger partial charge in [-0.2, -0.15) is 0 Å². The molecule has 3 nitrogen and oxygen atoms in total. The standard InChI is InChI=1S/C16H15ClFNO2/c1-10-4-3-5-13(17)15(10)19-9-11-6-7-12(14(18)8-11)16(20)21-2/h3-8,19H,9H2,1-2H3. The van der Waals surface area contributed by atoms with Gasteiger partial charge in [0.15, 0.2) is 0 Å². The summed E-state index contributed by atoms with van der Waals surface area (Å²) in [5, 5.41) is 3.79. The van der Waals surface area contributed by atoms with Gasteiger partial charge in [-0.05, 0) is 36.2 Å². The molecule has 0 unspecified atom stereocenters. The summed E-state index contributed by atoms with van der Waals surface area (Å²) >= 11 is 6.11. The van der Waals surface area contributed by atoms with Crippen LogP contribution < -0.4 is 5.32 Å². The average Bonchev–Trinajstić information content (AvgIpc) is 2.46. The number of para-hydroxylation sites is 1. The highest BCUT2D eigenvalue weighted by molar-refractivity contribution is 6.33. The monoisotopic (exact) mass is 307 g/mol. The molecule has 0 bridgehead atoms. The lowest BCUT2D eigenvalue weighted by molar-refractivity contribution is 0.0595. The van der Waals surface area contributed by atoms with Crippen LogP contribution in [0.15, 0.2) is 36.4 Å². The molecule has 0 saturated carbocycles. The molecule has 0 aliphatic heterocycles. The number of methoxy groups -OCH3 is 1. The van der Waals surface area contributed by atoms with Crippen molar-refractivity contribution in [2.24, 2.45) is 0 Å². The maximum atomic E-state index is 13.8. The zero-order valence-electron chi connectivity index (χ0n) is 11.7. The van der Waals surface area contributed by atoms with Crippen molar-refractivity contribution in [3.8, 4) is 0 Å². The molecule has 0 spiro atoms. The third-order valence-corrected chi connectivity index (χ3v) is 3.45. The molecule has 0 radical (unpaired) electrons. The van der Waals surface area contributed by atoms with Crippen LogP contribution in [0.1, 0.15) is 21.5 Å². The van der Waals surface area contributed by atoms with Crippen molar-refractivity contribution in [2.45, 2.75) is 13.5 Å². The molecular weight excluding hydrogens is 293 g/mol. The molecule has 0 aromatic heterocycles. The second kappa shape index (κ2) is 6.59. The summed E-state index contributed by atoms with van der Waals surface area (Å²) in [4.78, 5) is 11.3. The maximum Gasteiger partial charge on any atom is 0.340 e. The summed E-state index contributed by atoms with van der Waals surface area (Å²) in [6.45, 7) is 2.35. The molecule has 0 atom stereocenters. The van der Waals surface area contributed by atoms with E-state index in [1.807, 2.05) is 19.1 Å². The quantitative estimate of drug-likeness (QED) is 0.861. The Morgan fingerprint density at radius 3 is 2.71 bits per heavy atom. The summed E-state index contributed by atoms with van der Waals surface area (Å²) in [7, 11) is 1.22. The van der Waals surface area contributed by atoms with E-state index in [0.29, 0.717) is 17.1 Å². The van der Waals surface area contributed by atoms with Gasteiger partial charge in [-0.3, -0.25) is 0 Å². The second-order valence-corrected chi connectivity index (χ2v) is 5.00. The first-order valence-corrected chi connectivity index (χ1v) is 6.76. The SMILES string of the molecule is COC(=O)c1ccc(CNc2c(C)cccc2Cl)cc1F. The predicted molar refractivity (Wildman–Crippen MR) is 81.3 cm³/mol. The van der Waals surface area contributed by atoms with Crippen molar-refractivity contribution in [3.05, 3.63) is 63.9 Å². The second-order valence-electron chi connectivity index (χ2n) is 4.59. The number of carbonyl (C=O) groups is 1. The van der Waals surface area contributed by atoms with E-state index in [1.54, 1.807) is 12.1 Å². The number of hydrogen-bond donors (Lipinski definition) is 1. The Morgan fingerprint density at radius 2 is 2.10 bits per heavy atom. The van der Waals surface area contributed by atoms with Gasteiger partial charge in [0.1, 0.15) is 5.82 Å². The predicted octanol–water partition coefficient (Wildman–Crippen LogP) is 4.19. The van der Waals surface area contributed by atoms with Crippen LogP contribution in [-0.4, -0.2) is 13.1 Å². The van der Waals surface area contributed by atoms with Crippen LogP contribution in [0.3, 0.4) is 0 Å². The number of nitrogens with one attached hydrogen (secondary N) is 1. The van der Waals surface area contributed by atoms with Gasteiger partial charge in [0.25, 0.3) is 0 Å². The molecule has 0 saturated heterocycles. The van der Waals surface area contributed by atoms with E-state index < -0.39 is 11.8 Å². The first kappa shape index (κ1) is 15.3. The molecular formula is C16H15ClFNO2. The summed E-state index contributed by atoms with van der Waals surface area (Å²) in [5.74, 6) is -1.29. The molecule has 0 fully saturated rings. The number of rotatable bonds is 4. The van der Waals surface area contributed by atoms with Gasteiger partial charge in [0.05, 0.1) is 23.4 Å². The lowest BCUT2D eigenvalue weighted by atomic mass is 10.1. The zero-order chi connectivity index (χ0) is 15.4. The van der Waals surface area contributed by atoms with Crippen molar-refractivity contribution >= 4 is 23.3 Å². The summed E-state index contributed by atoms with van der Waals surface area (Å²) in [6.07, 6.45) is 0. The number of anilines is 1. The highest BCUT2D eigenvalue weighted by Gasteiger charge is 2.12. The minimum atomic E-state index is -0.686. The van der Waals surface area contributed by atoms with Gasteiger partial charge in [-0.15, -0.1) is 0 Å². The summed E-state index contributed by atoms with van der Waals surface area (Å²) in [5.41, 5.74) is 2.46. The van der Waals surface area contributed by atoms with Crippen LogP contribution in [0.4, 0.5) is 10.1 Å². The Bertz CT molecular complexity index is 653. The minimum absolute atomic E-state index is 0.0739. The molecule has 21 heavy (non-hydrogen) atoms. The number of aryl methyl sites for hydroxylation is 1. The van der Waals surface area contributed by atoms with Crippen molar-refractivity contribution in [1.82, 2.24) is 0 Å². The van der Waals surface area contributed by atoms with Crippen molar-refractivity contribution in [2.75, 3.05) is 12.4 Å². The van der Waals surface area contributed by atoms with Crippen LogP contribution in [0, 0.1) is 12.7 Å². The number of benzene rings is 2. The van der Waals surface area contributed by atoms with E-state index in [9.17, 15) is 9.18 Å². The molecule has 0 amide bonds. The van der Waals surface area contributed by atoms with Crippen molar-refractivity contribution < 1.29 is 13.9 Å². The van der Waals surface area contributed by atoms with E-state index in [0.717, 1.165) is 11.3 Å². The highest BCUT2D eigenvalue weighted by atomic mass is 35.5. The Labute approximate surface area is 127 Å². The van der Waals surface area contributed by atoms with Crippen LogP contribution in [-0.2, 0) is 11.3 Å². The Hall–Kier alpha value is -2.07. The zero-order valence-corrected chi connectivity index (χ0v) is 12.5. The summed E-state index contributed by atoms with van der Waals surface area (Å²) < 4.78 is 18.3. The number of hydrogen-bond acceptors (Lipinski definition) is 3. The van der Waals surface area contributed by atoms with Crippen LogP contribution >= 0.6 is 11.6 Å². The van der Waals surface area contributed by atoms with Gasteiger partial charge >= 0.3 is 5.97 Å². The molecule has 1 N–H and O–H groups in total. The average molecular weight is 308 g/mol. The van der Waals surface area contributed by atoms with Crippen LogP contribution in [0.5, 0.6) is 0 Å². The van der Waals surface area contributed by atoms with E-state index in [4.69, 9.17) is 11.6 Å². The number of ether oxygens (including phenoxy) is 1. The maximum absolute atomic E-state index is 13.8. The third kappa shape index (κ3) is 3.52. The number of esters is 1. The first-order valence-electron chi connectivity index (χ1n) is 6.38. The van der Waals surface area contributed by atoms with E-state index in [-0.39, 0.29) is 5.56 Å². The summed E-state index contributed by atoms with van der Waals surface area (Å²) in [6, 6.07) is 10.00. The Balaban J connectivity index is 2.14.